The van der Waals surface area contributed by atoms with Crippen molar-refractivity contribution in [1.82, 2.24) is 14.5 Å². The summed E-state index contributed by atoms with van der Waals surface area (Å²) in [6.45, 7) is 4.72. The molecule has 10 rings (SSSR count). The number of rotatable bonds is 3. The van der Waals surface area contributed by atoms with E-state index in [0.29, 0.717) is 5.95 Å². The maximum absolute atomic E-state index is 5.51. The van der Waals surface area contributed by atoms with Gasteiger partial charge in [-0.15, -0.1) is 11.3 Å². The monoisotopic (exact) mass is 619 g/mol. The summed E-state index contributed by atoms with van der Waals surface area (Å²) in [5.74, 6) is 0.701. The normalized spacial score (nSPS) is 13.5. The lowest BCUT2D eigenvalue weighted by Gasteiger charge is -2.21. The summed E-state index contributed by atoms with van der Waals surface area (Å²) >= 11 is 1.87. The molecule has 3 nitrogen and oxygen atoms in total. The standard InChI is InChI=1S/C43H29N3S/c1-43(2)34-19-11-9-18-31(34)39-37(43)32-23-22-30-29-17-10-12-20-36(29)47-41(30)40(32)46(39)42-44-35-24-21-28(26-13-5-3-6-14-26)25-33(35)38(45-42)27-15-7-4-8-16-27/h3-25H,1-2H3. The molecular weight excluding hydrogens is 591 g/mol. The van der Waals surface area contributed by atoms with Gasteiger partial charge in [0.25, 0.3) is 0 Å². The van der Waals surface area contributed by atoms with Crippen molar-refractivity contribution in [3.8, 4) is 39.6 Å². The summed E-state index contributed by atoms with van der Waals surface area (Å²) in [6.07, 6.45) is 0. The Morgan fingerprint density at radius 3 is 2.11 bits per heavy atom. The number of hydrogen-bond acceptors (Lipinski definition) is 3. The molecule has 0 saturated heterocycles. The molecule has 1 aliphatic rings. The molecule has 0 spiro atoms. The highest BCUT2D eigenvalue weighted by Gasteiger charge is 2.41. The zero-order valence-electron chi connectivity index (χ0n) is 26.0. The first-order valence-electron chi connectivity index (χ1n) is 16.1. The van der Waals surface area contributed by atoms with Crippen LogP contribution < -0.4 is 0 Å². The summed E-state index contributed by atoms with van der Waals surface area (Å²) in [6, 6.07) is 50.0. The molecule has 0 unspecified atom stereocenters. The van der Waals surface area contributed by atoms with Crippen molar-refractivity contribution in [2.75, 3.05) is 0 Å². The van der Waals surface area contributed by atoms with E-state index in [1.54, 1.807) is 0 Å². The molecule has 0 radical (unpaired) electrons. The van der Waals surface area contributed by atoms with Gasteiger partial charge in [0.2, 0.25) is 5.95 Å². The quantitative estimate of drug-likeness (QED) is 0.197. The maximum Gasteiger partial charge on any atom is 0.235 e. The molecule has 4 heteroatoms. The zero-order valence-corrected chi connectivity index (χ0v) is 26.8. The summed E-state index contributed by atoms with van der Waals surface area (Å²) in [5, 5.41) is 4.88. The van der Waals surface area contributed by atoms with Gasteiger partial charge in [-0.25, -0.2) is 9.97 Å². The van der Waals surface area contributed by atoms with Crippen LogP contribution in [0.2, 0.25) is 0 Å². The summed E-state index contributed by atoms with van der Waals surface area (Å²) in [5.41, 5.74) is 11.4. The van der Waals surface area contributed by atoms with E-state index < -0.39 is 0 Å². The Balaban J connectivity index is 1.36. The molecule has 0 saturated carbocycles. The smallest absolute Gasteiger partial charge is 0.235 e. The van der Waals surface area contributed by atoms with Crippen LogP contribution in [0.4, 0.5) is 0 Å². The van der Waals surface area contributed by atoms with Crippen molar-refractivity contribution in [3.63, 3.8) is 0 Å². The van der Waals surface area contributed by atoms with Crippen molar-refractivity contribution in [1.29, 1.82) is 0 Å². The van der Waals surface area contributed by atoms with Gasteiger partial charge in [0, 0.05) is 42.8 Å². The van der Waals surface area contributed by atoms with E-state index in [1.165, 1.54) is 59.0 Å². The SMILES string of the molecule is CC1(C)c2ccccc2-c2c1c1ccc3c4ccccc4sc3c1n2-c1nc(-c2ccccc2)c2cc(-c3ccccc3)ccc2n1. The van der Waals surface area contributed by atoms with Gasteiger partial charge >= 0.3 is 0 Å². The number of fused-ring (bicyclic) bond motifs is 10. The lowest BCUT2D eigenvalue weighted by atomic mass is 9.81. The molecule has 0 amide bonds. The van der Waals surface area contributed by atoms with Crippen LogP contribution in [0.1, 0.15) is 25.0 Å². The predicted octanol–water partition coefficient (Wildman–Crippen LogP) is 11.6. The molecule has 3 aromatic heterocycles. The Morgan fingerprint density at radius 1 is 0.574 bits per heavy atom. The summed E-state index contributed by atoms with van der Waals surface area (Å²) < 4.78 is 4.95. The third-order valence-electron chi connectivity index (χ3n) is 9.99. The topological polar surface area (TPSA) is 30.7 Å². The van der Waals surface area contributed by atoms with Crippen molar-refractivity contribution >= 4 is 53.3 Å². The van der Waals surface area contributed by atoms with E-state index in [2.05, 4.69) is 158 Å². The highest BCUT2D eigenvalue weighted by molar-refractivity contribution is 7.26. The third-order valence-corrected chi connectivity index (χ3v) is 11.2. The number of thiophene rings is 1. The molecule has 47 heavy (non-hydrogen) atoms. The average molecular weight is 620 g/mol. The Hall–Kier alpha value is -5.58. The molecule has 222 valence electrons. The molecule has 9 aromatic rings. The second-order valence-corrected chi connectivity index (χ2v) is 14.1. The Bertz CT molecular complexity index is 2700. The Kier molecular flexibility index (Phi) is 5.50. The minimum Gasteiger partial charge on any atom is -0.276 e. The van der Waals surface area contributed by atoms with Crippen molar-refractivity contribution in [3.05, 3.63) is 151 Å². The lowest BCUT2D eigenvalue weighted by molar-refractivity contribution is 0.666. The van der Waals surface area contributed by atoms with E-state index >= 15 is 0 Å². The number of nitrogens with zero attached hydrogens (tertiary/aromatic N) is 3. The van der Waals surface area contributed by atoms with E-state index in [1.807, 2.05) is 11.3 Å². The number of hydrogen-bond donors (Lipinski definition) is 0. The van der Waals surface area contributed by atoms with Gasteiger partial charge in [-0.1, -0.05) is 135 Å². The van der Waals surface area contributed by atoms with Crippen LogP contribution in [0.5, 0.6) is 0 Å². The first-order chi connectivity index (χ1) is 23.1. The van der Waals surface area contributed by atoms with Crippen LogP contribution in [0.25, 0.3) is 81.6 Å². The third kappa shape index (κ3) is 3.73. The summed E-state index contributed by atoms with van der Waals surface area (Å²) in [7, 11) is 0. The van der Waals surface area contributed by atoms with Crippen molar-refractivity contribution in [2.45, 2.75) is 19.3 Å². The highest BCUT2D eigenvalue weighted by Crippen LogP contribution is 2.55. The predicted molar refractivity (Wildman–Crippen MR) is 198 cm³/mol. The molecule has 1 aliphatic carbocycles. The number of benzene rings is 6. The van der Waals surface area contributed by atoms with Gasteiger partial charge in [0.1, 0.15) is 0 Å². The molecule has 6 aromatic carbocycles. The first kappa shape index (κ1) is 26.6. The second-order valence-electron chi connectivity index (χ2n) is 13.0. The largest absolute Gasteiger partial charge is 0.276 e. The van der Waals surface area contributed by atoms with Gasteiger partial charge in [0.15, 0.2) is 0 Å². The van der Waals surface area contributed by atoms with Crippen LogP contribution >= 0.6 is 11.3 Å². The minimum absolute atomic E-state index is 0.177. The molecule has 0 atom stereocenters. The second kappa shape index (κ2) is 9.71. The number of aromatic nitrogens is 3. The van der Waals surface area contributed by atoms with Crippen molar-refractivity contribution in [2.24, 2.45) is 0 Å². The van der Waals surface area contributed by atoms with Crippen molar-refractivity contribution < 1.29 is 0 Å². The molecule has 0 bridgehead atoms. The van der Waals surface area contributed by atoms with E-state index in [4.69, 9.17) is 9.97 Å². The lowest BCUT2D eigenvalue weighted by Crippen LogP contribution is -2.14. The van der Waals surface area contributed by atoms with Crippen LogP contribution in [0.3, 0.4) is 0 Å². The average Bonchev–Trinajstić information content (AvgIpc) is 3.75. The van der Waals surface area contributed by atoms with Gasteiger partial charge in [-0.05, 0) is 40.5 Å². The van der Waals surface area contributed by atoms with Crippen LogP contribution in [0, 0.1) is 0 Å². The van der Waals surface area contributed by atoms with Gasteiger partial charge in [-0.3, -0.25) is 4.57 Å². The van der Waals surface area contributed by atoms with E-state index in [-0.39, 0.29) is 5.41 Å². The van der Waals surface area contributed by atoms with Crippen LogP contribution in [0.15, 0.2) is 140 Å². The Morgan fingerprint density at radius 2 is 1.28 bits per heavy atom. The van der Waals surface area contributed by atoms with Crippen LogP contribution in [-0.2, 0) is 5.41 Å². The fraction of sp³-hybridized carbons (Fsp3) is 0.0698. The van der Waals surface area contributed by atoms with E-state index in [9.17, 15) is 0 Å². The fourth-order valence-corrected chi connectivity index (χ4v) is 9.09. The first-order valence-corrected chi connectivity index (χ1v) is 16.9. The maximum atomic E-state index is 5.51. The van der Waals surface area contributed by atoms with Gasteiger partial charge in [-0.2, -0.15) is 0 Å². The molecule has 3 heterocycles. The molecular formula is C43H29N3S. The molecule has 0 N–H and O–H groups in total. The summed E-state index contributed by atoms with van der Waals surface area (Å²) in [4.78, 5) is 10.9. The fourth-order valence-electron chi connectivity index (χ4n) is 7.85. The van der Waals surface area contributed by atoms with E-state index in [0.717, 1.165) is 27.7 Å². The molecule has 0 fully saturated rings. The van der Waals surface area contributed by atoms with Gasteiger partial charge < -0.3 is 0 Å². The minimum atomic E-state index is -0.177. The molecule has 0 aliphatic heterocycles. The Labute approximate surface area is 276 Å². The highest BCUT2D eigenvalue weighted by atomic mass is 32.1. The van der Waals surface area contributed by atoms with Gasteiger partial charge in [0.05, 0.1) is 27.1 Å². The van der Waals surface area contributed by atoms with Crippen LogP contribution in [-0.4, -0.2) is 14.5 Å². The zero-order chi connectivity index (χ0) is 31.3.